The summed E-state index contributed by atoms with van der Waals surface area (Å²) in [6.07, 6.45) is 5.15. The van der Waals surface area contributed by atoms with Crippen molar-refractivity contribution in [3.63, 3.8) is 0 Å². The van der Waals surface area contributed by atoms with E-state index in [0.29, 0.717) is 12.5 Å². The van der Waals surface area contributed by atoms with Crippen LogP contribution in [0.3, 0.4) is 0 Å². The molecule has 4 aromatic rings. The van der Waals surface area contributed by atoms with Gasteiger partial charge in [-0.2, -0.15) is 0 Å². The number of aromatic nitrogens is 2. The Morgan fingerprint density at radius 2 is 1.77 bits per heavy atom. The standard InChI is InChI=1S/C30H29N5O4S/c1-34-16-19(17-34)18-39-28-25(33-40(37,38)22-6-4-3-5-7-22)13-21(14-32-28)20-8-9-24-23(12-20)27-26(15-31-24)35(2)29(36)30(27)10-11-30/h3-9,12-15,19,33H,10-11,16-18H2,1-2H3. The second-order valence-electron chi connectivity index (χ2n) is 11.1. The number of nitrogens with zero attached hydrogens (tertiary/aromatic N) is 4. The summed E-state index contributed by atoms with van der Waals surface area (Å²) >= 11 is 0. The van der Waals surface area contributed by atoms with Crippen LogP contribution in [-0.4, -0.2) is 63.0 Å². The van der Waals surface area contributed by atoms with E-state index in [1.807, 2.05) is 18.2 Å². The van der Waals surface area contributed by atoms with Gasteiger partial charge in [-0.25, -0.2) is 13.4 Å². The van der Waals surface area contributed by atoms with Gasteiger partial charge >= 0.3 is 0 Å². The third kappa shape index (κ3) is 4.01. The molecule has 4 heterocycles. The van der Waals surface area contributed by atoms with E-state index in [0.717, 1.165) is 59.2 Å². The summed E-state index contributed by atoms with van der Waals surface area (Å²) in [5, 5.41) is 0.936. The molecule has 2 aromatic heterocycles. The fraction of sp³-hybridized carbons (Fsp3) is 0.300. The summed E-state index contributed by atoms with van der Waals surface area (Å²) in [5.41, 5.74) is 4.11. The number of amides is 1. The van der Waals surface area contributed by atoms with Crippen LogP contribution in [-0.2, 0) is 20.2 Å². The molecule has 9 nitrogen and oxygen atoms in total. The molecule has 40 heavy (non-hydrogen) atoms. The first-order valence-electron chi connectivity index (χ1n) is 13.4. The van der Waals surface area contributed by atoms with Crippen LogP contribution in [0.1, 0.15) is 18.4 Å². The molecule has 3 aliphatic rings. The quantitative estimate of drug-likeness (QED) is 0.367. The van der Waals surface area contributed by atoms with Gasteiger partial charge in [-0.1, -0.05) is 24.3 Å². The van der Waals surface area contributed by atoms with E-state index in [9.17, 15) is 13.2 Å². The van der Waals surface area contributed by atoms with Crippen molar-refractivity contribution in [2.24, 2.45) is 5.92 Å². The lowest BCUT2D eigenvalue weighted by Crippen LogP contribution is -2.46. The number of carbonyl (C=O) groups excluding carboxylic acids is 1. The van der Waals surface area contributed by atoms with Gasteiger partial charge in [0.25, 0.3) is 10.0 Å². The van der Waals surface area contributed by atoms with Gasteiger partial charge in [0.05, 0.1) is 34.3 Å². The number of pyridine rings is 2. The molecule has 0 atom stereocenters. The van der Waals surface area contributed by atoms with Crippen LogP contribution >= 0.6 is 0 Å². The van der Waals surface area contributed by atoms with Crippen LogP contribution in [0.15, 0.2) is 71.9 Å². The van der Waals surface area contributed by atoms with E-state index in [-0.39, 0.29) is 22.4 Å². The second-order valence-corrected chi connectivity index (χ2v) is 12.8. The first-order chi connectivity index (χ1) is 19.2. The number of fused-ring (bicyclic) bond motifs is 4. The van der Waals surface area contributed by atoms with Crippen molar-refractivity contribution in [2.75, 3.05) is 43.4 Å². The fourth-order valence-corrected chi connectivity index (χ4v) is 7.05. The smallest absolute Gasteiger partial charge is 0.262 e. The number of hydrogen-bond acceptors (Lipinski definition) is 7. The van der Waals surface area contributed by atoms with Gasteiger partial charge in [-0.15, -0.1) is 0 Å². The molecule has 1 amide bonds. The van der Waals surface area contributed by atoms with Crippen molar-refractivity contribution in [2.45, 2.75) is 23.2 Å². The Balaban J connectivity index is 1.29. The van der Waals surface area contributed by atoms with Crippen molar-refractivity contribution in [3.8, 4) is 17.0 Å². The molecule has 1 aliphatic carbocycles. The number of nitrogens with one attached hydrogen (secondary N) is 1. The van der Waals surface area contributed by atoms with Crippen molar-refractivity contribution < 1.29 is 17.9 Å². The van der Waals surface area contributed by atoms with Crippen molar-refractivity contribution in [1.29, 1.82) is 0 Å². The predicted octanol–water partition coefficient (Wildman–Crippen LogP) is 4.05. The molecule has 1 N–H and O–H groups in total. The molecule has 1 spiro atoms. The van der Waals surface area contributed by atoms with Gasteiger partial charge < -0.3 is 14.5 Å². The number of sulfonamides is 1. The van der Waals surface area contributed by atoms with Gasteiger partial charge in [-0.3, -0.25) is 14.5 Å². The molecule has 204 valence electrons. The Morgan fingerprint density at radius 3 is 2.50 bits per heavy atom. The van der Waals surface area contributed by atoms with Crippen molar-refractivity contribution >= 4 is 38.2 Å². The van der Waals surface area contributed by atoms with E-state index in [1.54, 1.807) is 60.7 Å². The summed E-state index contributed by atoms with van der Waals surface area (Å²) < 4.78 is 35.2. The average molecular weight is 556 g/mol. The van der Waals surface area contributed by atoms with E-state index >= 15 is 0 Å². The zero-order valence-electron chi connectivity index (χ0n) is 22.3. The average Bonchev–Trinajstić information content (AvgIpc) is 3.72. The highest BCUT2D eigenvalue weighted by atomic mass is 32.2. The number of rotatable bonds is 7. The zero-order chi connectivity index (χ0) is 27.6. The van der Waals surface area contributed by atoms with E-state index in [1.165, 1.54) is 0 Å². The molecule has 7 rings (SSSR count). The maximum Gasteiger partial charge on any atom is 0.262 e. The summed E-state index contributed by atoms with van der Waals surface area (Å²) in [4.78, 5) is 26.3. The lowest BCUT2D eigenvalue weighted by Gasteiger charge is -2.35. The Bertz CT molecular complexity index is 1770. The molecular weight excluding hydrogens is 526 g/mol. The minimum absolute atomic E-state index is 0.126. The highest BCUT2D eigenvalue weighted by Gasteiger charge is 2.59. The summed E-state index contributed by atoms with van der Waals surface area (Å²) in [7, 11) is -0.00848. The maximum absolute atomic E-state index is 13.2. The van der Waals surface area contributed by atoms with Crippen LogP contribution in [0.25, 0.3) is 22.0 Å². The number of ether oxygens (including phenoxy) is 1. The molecule has 2 fully saturated rings. The molecule has 10 heteroatoms. The Kier molecular flexibility index (Phi) is 5.62. The van der Waals surface area contributed by atoms with Gasteiger partial charge in [0, 0.05) is 48.8 Å². The molecule has 0 unspecified atom stereocenters. The van der Waals surface area contributed by atoms with Gasteiger partial charge in [-0.05, 0) is 55.8 Å². The Labute approximate surface area is 232 Å². The largest absolute Gasteiger partial charge is 0.476 e. The zero-order valence-corrected chi connectivity index (χ0v) is 23.1. The summed E-state index contributed by atoms with van der Waals surface area (Å²) in [6.45, 7) is 2.31. The van der Waals surface area contributed by atoms with Crippen LogP contribution in [0.2, 0.25) is 0 Å². The van der Waals surface area contributed by atoms with Gasteiger partial charge in [0.2, 0.25) is 11.8 Å². The second kappa shape index (κ2) is 9.00. The van der Waals surface area contributed by atoms with E-state index in [2.05, 4.69) is 26.6 Å². The van der Waals surface area contributed by atoms with Crippen LogP contribution in [0.4, 0.5) is 11.4 Å². The summed E-state index contributed by atoms with van der Waals surface area (Å²) in [5.74, 6) is 0.738. The number of benzene rings is 2. The Hall–Kier alpha value is -4.02. The lowest BCUT2D eigenvalue weighted by molar-refractivity contribution is -0.119. The predicted molar refractivity (Wildman–Crippen MR) is 153 cm³/mol. The number of likely N-dealkylation sites (tertiary alicyclic amines) is 1. The number of hydrogen-bond donors (Lipinski definition) is 1. The first-order valence-corrected chi connectivity index (χ1v) is 14.8. The molecule has 2 aromatic carbocycles. The van der Waals surface area contributed by atoms with Crippen molar-refractivity contribution in [3.05, 3.63) is 72.6 Å². The third-order valence-electron chi connectivity index (χ3n) is 8.23. The third-order valence-corrected chi connectivity index (χ3v) is 9.61. The topological polar surface area (TPSA) is 105 Å². The SMILES string of the molecule is CN1CC(COc2ncc(-c3ccc4ncc5c(c4c3)C3(CC3)C(=O)N5C)cc2NS(=O)(=O)c2ccccc2)C1. The van der Waals surface area contributed by atoms with Gasteiger partial charge in [0.15, 0.2) is 0 Å². The van der Waals surface area contributed by atoms with Gasteiger partial charge in [0.1, 0.15) is 5.69 Å². The highest BCUT2D eigenvalue weighted by molar-refractivity contribution is 7.92. The first kappa shape index (κ1) is 25.0. The molecule has 2 aliphatic heterocycles. The molecular formula is C30H29N5O4S. The number of anilines is 2. The molecule has 1 saturated heterocycles. The Morgan fingerprint density at radius 1 is 1.00 bits per heavy atom. The normalized spacial score (nSPS) is 18.1. The van der Waals surface area contributed by atoms with Crippen molar-refractivity contribution in [1.82, 2.24) is 14.9 Å². The van der Waals surface area contributed by atoms with E-state index in [4.69, 9.17) is 4.74 Å². The monoisotopic (exact) mass is 555 g/mol. The minimum Gasteiger partial charge on any atom is -0.476 e. The molecule has 0 radical (unpaired) electrons. The fourth-order valence-electron chi connectivity index (χ4n) is 5.98. The lowest BCUT2D eigenvalue weighted by atomic mass is 9.92. The van der Waals surface area contributed by atoms with Crippen LogP contribution in [0.5, 0.6) is 5.88 Å². The van der Waals surface area contributed by atoms with E-state index < -0.39 is 15.4 Å². The number of carbonyl (C=O) groups is 1. The van der Waals surface area contributed by atoms with Crippen LogP contribution in [0, 0.1) is 5.92 Å². The number of likely N-dealkylation sites (N-methyl/N-ethyl adjacent to an activating group) is 1. The molecule has 0 bridgehead atoms. The summed E-state index contributed by atoms with van der Waals surface area (Å²) in [6, 6.07) is 15.9. The maximum atomic E-state index is 13.2. The molecule has 1 saturated carbocycles. The minimum atomic E-state index is -3.87. The highest BCUT2D eigenvalue weighted by Crippen LogP contribution is 2.58. The van der Waals surface area contributed by atoms with Crippen LogP contribution < -0.4 is 14.4 Å².